The monoisotopic (exact) mass is 310 g/mol. The van der Waals surface area contributed by atoms with E-state index in [-0.39, 0.29) is 12.4 Å². The molecule has 1 unspecified atom stereocenters. The maximum Gasteiger partial charge on any atom is 0.0328 e. The van der Waals surface area contributed by atoms with E-state index >= 15 is 0 Å². The summed E-state index contributed by atoms with van der Waals surface area (Å²) >= 11 is 5.32. The zero-order valence-electron chi connectivity index (χ0n) is 8.70. The van der Waals surface area contributed by atoms with Crippen molar-refractivity contribution in [1.29, 1.82) is 0 Å². The lowest BCUT2D eigenvalue weighted by atomic mass is 10.3. The van der Waals surface area contributed by atoms with Crippen LogP contribution < -0.4 is 5.32 Å². The summed E-state index contributed by atoms with van der Waals surface area (Å²) in [6, 6.07) is 2.91. The fourth-order valence-electron chi connectivity index (χ4n) is 1.87. The summed E-state index contributed by atoms with van der Waals surface area (Å²) in [5, 5.41) is 5.49. The van der Waals surface area contributed by atoms with Crippen LogP contribution in [-0.2, 0) is 6.54 Å². The van der Waals surface area contributed by atoms with Crippen molar-refractivity contribution < 1.29 is 0 Å². The highest BCUT2D eigenvalue weighted by atomic mass is 79.9. The van der Waals surface area contributed by atoms with E-state index in [9.17, 15) is 0 Å². The Kier molecular flexibility index (Phi) is 5.57. The van der Waals surface area contributed by atoms with Crippen LogP contribution in [0.4, 0.5) is 0 Å². The Labute approximate surface area is 110 Å². The van der Waals surface area contributed by atoms with Crippen molar-refractivity contribution in [1.82, 2.24) is 10.2 Å². The average Bonchev–Trinajstić information content (AvgIpc) is 2.76. The van der Waals surface area contributed by atoms with E-state index in [1.54, 1.807) is 0 Å². The third-order valence-electron chi connectivity index (χ3n) is 2.68. The van der Waals surface area contributed by atoms with Crippen molar-refractivity contribution in [2.45, 2.75) is 19.0 Å². The van der Waals surface area contributed by atoms with E-state index < -0.39 is 0 Å². The number of thiophene rings is 1. The topological polar surface area (TPSA) is 15.3 Å². The summed E-state index contributed by atoms with van der Waals surface area (Å²) < 4.78 is 1.21. The molecule has 2 heterocycles. The highest BCUT2D eigenvalue weighted by Crippen LogP contribution is 2.22. The molecule has 2 nitrogen and oxygen atoms in total. The minimum absolute atomic E-state index is 0. The number of rotatable bonds is 3. The summed E-state index contributed by atoms with van der Waals surface area (Å²) in [6.07, 6.45) is 1.28. The van der Waals surface area contributed by atoms with Gasteiger partial charge in [-0.3, -0.25) is 4.90 Å². The minimum Gasteiger partial charge on any atom is -0.316 e. The van der Waals surface area contributed by atoms with Gasteiger partial charge in [-0.1, -0.05) is 0 Å². The number of hydrogen-bond acceptors (Lipinski definition) is 3. The predicted octanol–water partition coefficient (Wildman–Crippen LogP) is 2.73. The van der Waals surface area contributed by atoms with E-state index in [0.29, 0.717) is 6.04 Å². The number of nitrogens with one attached hydrogen (secondary N) is 1. The van der Waals surface area contributed by atoms with Gasteiger partial charge in [0, 0.05) is 40.4 Å². The van der Waals surface area contributed by atoms with Crippen molar-refractivity contribution in [3.8, 4) is 0 Å². The van der Waals surface area contributed by atoms with Gasteiger partial charge in [0.25, 0.3) is 0 Å². The van der Waals surface area contributed by atoms with E-state index in [2.05, 4.69) is 44.6 Å². The van der Waals surface area contributed by atoms with Crippen molar-refractivity contribution in [2.75, 3.05) is 20.1 Å². The van der Waals surface area contributed by atoms with Gasteiger partial charge in [0.05, 0.1) is 0 Å². The number of nitrogens with zero attached hydrogens (tertiary/aromatic N) is 1. The second-order valence-electron chi connectivity index (χ2n) is 3.74. The normalized spacial score (nSPS) is 21.6. The Hall–Kier alpha value is 0.390. The highest BCUT2D eigenvalue weighted by Gasteiger charge is 2.20. The minimum atomic E-state index is 0. The molecule has 1 atom stereocenters. The molecule has 1 aromatic heterocycles. The van der Waals surface area contributed by atoms with Crippen LogP contribution in [0, 0.1) is 0 Å². The van der Waals surface area contributed by atoms with Gasteiger partial charge in [-0.05, 0) is 35.5 Å². The molecule has 0 bridgehead atoms. The first-order valence-corrected chi connectivity index (χ1v) is 6.57. The first kappa shape index (κ1) is 13.5. The van der Waals surface area contributed by atoms with E-state index in [1.165, 1.54) is 28.9 Å². The average molecular weight is 312 g/mol. The van der Waals surface area contributed by atoms with Crippen molar-refractivity contribution in [3.63, 3.8) is 0 Å². The lowest BCUT2D eigenvalue weighted by molar-refractivity contribution is 0.325. The maximum atomic E-state index is 3.49. The van der Waals surface area contributed by atoms with E-state index in [0.717, 1.165) is 6.54 Å². The summed E-state index contributed by atoms with van der Waals surface area (Å²) in [5.41, 5.74) is 0. The molecule has 0 amide bonds. The summed E-state index contributed by atoms with van der Waals surface area (Å²) in [7, 11) is 2.05. The second-order valence-corrected chi connectivity index (χ2v) is 5.65. The smallest absolute Gasteiger partial charge is 0.0328 e. The molecule has 0 radical (unpaired) electrons. The SMILES string of the molecule is CNC1CCN(Cc2cc(Br)cs2)C1.Cl. The van der Waals surface area contributed by atoms with Crippen LogP contribution in [0.25, 0.3) is 0 Å². The van der Waals surface area contributed by atoms with Crippen LogP contribution in [-0.4, -0.2) is 31.1 Å². The molecule has 15 heavy (non-hydrogen) atoms. The number of hydrogen-bond donors (Lipinski definition) is 1. The van der Waals surface area contributed by atoms with Crippen LogP contribution in [0.3, 0.4) is 0 Å². The molecule has 1 fully saturated rings. The molecule has 1 aliphatic rings. The maximum absolute atomic E-state index is 3.49. The fraction of sp³-hybridized carbons (Fsp3) is 0.600. The molecule has 2 rings (SSSR count). The van der Waals surface area contributed by atoms with Gasteiger partial charge in [-0.15, -0.1) is 23.7 Å². The Morgan fingerprint density at radius 3 is 3.00 bits per heavy atom. The van der Waals surface area contributed by atoms with Gasteiger partial charge in [0.1, 0.15) is 0 Å². The molecule has 1 saturated heterocycles. The zero-order valence-corrected chi connectivity index (χ0v) is 11.9. The third kappa shape index (κ3) is 3.71. The molecule has 0 aromatic carbocycles. The molecule has 0 aliphatic carbocycles. The van der Waals surface area contributed by atoms with Crippen molar-refractivity contribution in [3.05, 3.63) is 20.8 Å². The van der Waals surface area contributed by atoms with Crippen LogP contribution >= 0.6 is 39.7 Å². The van der Waals surface area contributed by atoms with Crippen LogP contribution in [0.15, 0.2) is 15.9 Å². The van der Waals surface area contributed by atoms with Gasteiger partial charge in [0.2, 0.25) is 0 Å². The summed E-state index contributed by atoms with van der Waals surface area (Å²) in [5.74, 6) is 0. The summed E-state index contributed by atoms with van der Waals surface area (Å²) in [4.78, 5) is 3.97. The number of likely N-dealkylation sites (N-methyl/N-ethyl adjacent to an activating group) is 1. The van der Waals surface area contributed by atoms with Gasteiger partial charge in [-0.2, -0.15) is 0 Å². The zero-order chi connectivity index (χ0) is 9.97. The molecule has 5 heteroatoms. The number of likely N-dealkylation sites (tertiary alicyclic amines) is 1. The second kappa shape index (κ2) is 6.21. The van der Waals surface area contributed by atoms with Gasteiger partial charge < -0.3 is 5.32 Å². The van der Waals surface area contributed by atoms with Gasteiger partial charge >= 0.3 is 0 Å². The van der Waals surface area contributed by atoms with E-state index in [4.69, 9.17) is 0 Å². The molecular formula is C10H16BrClN2S. The van der Waals surface area contributed by atoms with Crippen molar-refractivity contribution in [2.24, 2.45) is 0 Å². The standard InChI is InChI=1S/C10H15BrN2S.ClH/c1-12-9-2-3-13(5-9)6-10-4-8(11)7-14-10;/h4,7,9,12H,2-3,5-6H2,1H3;1H. The van der Waals surface area contributed by atoms with E-state index in [1.807, 2.05) is 11.3 Å². The van der Waals surface area contributed by atoms with Crippen LogP contribution in [0.5, 0.6) is 0 Å². The lowest BCUT2D eigenvalue weighted by Gasteiger charge is -2.14. The predicted molar refractivity (Wildman–Crippen MR) is 72.0 cm³/mol. The molecule has 86 valence electrons. The molecule has 1 aliphatic heterocycles. The summed E-state index contributed by atoms with van der Waals surface area (Å²) in [6.45, 7) is 3.52. The molecule has 0 spiro atoms. The van der Waals surface area contributed by atoms with Gasteiger partial charge in [-0.25, -0.2) is 0 Å². The largest absolute Gasteiger partial charge is 0.316 e. The van der Waals surface area contributed by atoms with Crippen LogP contribution in [0.1, 0.15) is 11.3 Å². The fourth-order valence-corrected chi connectivity index (χ4v) is 3.36. The quantitative estimate of drug-likeness (QED) is 0.923. The van der Waals surface area contributed by atoms with Gasteiger partial charge in [0.15, 0.2) is 0 Å². The Balaban J connectivity index is 0.00000112. The Morgan fingerprint density at radius 1 is 1.67 bits per heavy atom. The third-order valence-corrected chi connectivity index (χ3v) is 4.36. The molecule has 0 saturated carbocycles. The molecule has 1 N–H and O–H groups in total. The first-order chi connectivity index (χ1) is 6.78. The highest BCUT2D eigenvalue weighted by molar-refractivity contribution is 9.10. The van der Waals surface area contributed by atoms with Crippen LogP contribution in [0.2, 0.25) is 0 Å². The Bertz CT molecular complexity index is 305. The number of halogens is 2. The molecular weight excluding hydrogens is 296 g/mol. The van der Waals surface area contributed by atoms with Crippen molar-refractivity contribution >= 4 is 39.7 Å². The Morgan fingerprint density at radius 2 is 2.47 bits per heavy atom. The lowest BCUT2D eigenvalue weighted by Crippen LogP contribution is -2.29. The molecule has 1 aromatic rings. The first-order valence-electron chi connectivity index (χ1n) is 4.90.